The molecular formula is C9H10N4O2S. The lowest BCUT2D eigenvalue weighted by molar-refractivity contribution is -0.385. The zero-order valence-corrected chi connectivity index (χ0v) is 9.32. The van der Waals surface area contributed by atoms with Crippen molar-refractivity contribution in [1.29, 1.82) is 0 Å². The third-order valence-corrected chi connectivity index (χ3v) is 1.91. The molecular weight excluding hydrogens is 228 g/mol. The van der Waals surface area contributed by atoms with Crippen LogP contribution in [0.4, 0.5) is 5.69 Å². The molecule has 16 heavy (non-hydrogen) atoms. The number of nitrogens with two attached hydrogens (primary N) is 1. The van der Waals surface area contributed by atoms with E-state index in [-0.39, 0.29) is 10.8 Å². The first kappa shape index (κ1) is 12.1. The number of nitrogens with one attached hydrogen (secondary N) is 1. The minimum atomic E-state index is -0.437. The van der Waals surface area contributed by atoms with Gasteiger partial charge in [-0.1, -0.05) is 12.1 Å². The Bertz CT molecular complexity index is 459. The Morgan fingerprint density at radius 3 is 2.94 bits per heavy atom. The molecule has 6 nitrogen and oxygen atoms in total. The molecule has 1 aromatic rings. The fourth-order valence-electron chi connectivity index (χ4n) is 1.07. The number of aryl methyl sites for hydroxylation is 1. The zero-order valence-electron chi connectivity index (χ0n) is 8.51. The van der Waals surface area contributed by atoms with E-state index in [0.717, 1.165) is 0 Å². The van der Waals surface area contributed by atoms with Crippen molar-refractivity contribution in [3.05, 3.63) is 39.4 Å². The predicted octanol–water partition coefficient (Wildman–Crippen LogP) is 1.07. The Morgan fingerprint density at radius 2 is 2.38 bits per heavy atom. The summed E-state index contributed by atoms with van der Waals surface area (Å²) in [5.41, 5.74) is 8.78. The van der Waals surface area contributed by atoms with E-state index in [1.807, 2.05) is 0 Å². The molecule has 0 aliphatic carbocycles. The molecule has 0 amide bonds. The summed E-state index contributed by atoms with van der Waals surface area (Å²) in [6.07, 6.45) is 1.41. The van der Waals surface area contributed by atoms with Crippen LogP contribution in [0.2, 0.25) is 0 Å². The summed E-state index contributed by atoms with van der Waals surface area (Å²) in [5, 5.41) is 14.4. The minimum absolute atomic E-state index is 0.0397. The molecule has 0 fully saturated rings. The van der Waals surface area contributed by atoms with Gasteiger partial charge in [-0.15, -0.1) is 0 Å². The van der Waals surface area contributed by atoms with Gasteiger partial charge in [0.25, 0.3) is 5.69 Å². The van der Waals surface area contributed by atoms with Gasteiger partial charge in [0.2, 0.25) is 0 Å². The van der Waals surface area contributed by atoms with Crippen molar-refractivity contribution in [2.75, 3.05) is 0 Å². The number of rotatable bonds is 3. The Morgan fingerprint density at radius 1 is 1.69 bits per heavy atom. The average molecular weight is 238 g/mol. The standard InChI is InChI=1S/C9H10N4O2S/c1-6-2-3-7(4-8(6)13(14)15)5-11-12-9(10)16/h2-5H,1H3,(H3,10,12,16). The van der Waals surface area contributed by atoms with Crippen molar-refractivity contribution in [2.45, 2.75) is 6.92 Å². The monoisotopic (exact) mass is 238 g/mol. The second-order valence-electron chi connectivity index (χ2n) is 3.04. The van der Waals surface area contributed by atoms with Gasteiger partial charge in [0.1, 0.15) is 0 Å². The smallest absolute Gasteiger partial charge is 0.272 e. The summed E-state index contributed by atoms with van der Waals surface area (Å²) in [5.74, 6) is 0. The molecule has 0 saturated heterocycles. The van der Waals surface area contributed by atoms with E-state index in [0.29, 0.717) is 11.1 Å². The molecule has 0 radical (unpaired) electrons. The fourth-order valence-corrected chi connectivity index (χ4v) is 1.13. The van der Waals surface area contributed by atoms with Crippen LogP contribution in [-0.2, 0) is 0 Å². The summed E-state index contributed by atoms with van der Waals surface area (Å²) in [6.45, 7) is 1.67. The predicted molar refractivity (Wildman–Crippen MR) is 65.3 cm³/mol. The second kappa shape index (κ2) is 5.17. The number of nitrogens with zero attached hydrogens (tertiary/aromatic N) is 2. The molecule has 0 atom stereocenters. The molecule has 0 saturated carbocycles. The Balaban J connectivity index is 2.91. The Kier molecular flexibility index (Phi) is 3.90. The molecule has 0 heterocycles. The number of hydrazone groups is 1. The Hall–Kier alpha value is -2.02. The van der Waals surface area contributed by atoms with Crippen molar-refractivity contribution < 1.29 is 4.92 Å². The lowest BCUT2D eigenvalue weighted by Crippen LogP contribution is -2.23. The lowest BCUT2D eigenvalue weighted by Gasteiger charge is -1.98. The first-order chi connectivity index (χ1) is 7.50. The van der Waals surface area contributed by atoms with E-state index in [2.05, 4.69) is 22.7 Å². The first-order valence-electron chi connectivity index (χ1n) is 4.34. The van der Waals surface area contributed by atoms with Crippen molar-refractivity contribution in [3.8, 4) is 0 Å². The van der Waals surface area contributed by atoms with Crippen LogP contribution >= 0.6 is 12.2 Å². The Labute approximate surface area is 97.3 Å². The van der Waals surface area contributed by atoms with Gasteiger partial charge in [-0.25, -0.2) is 0 Å². The molecule has 3 N–H and O–H groups in total. The van der Waals surface area contributed by atoms with E-state index in [1.54, 1.807) is 19.1 Å². The van der Waals surface area contributed by atoms with E-state index in [4.69, 9.17) is 5.73 Å². The molecule has 0 spiro atoms. The van der Waals surface area contributed by atoms with Crippen LogP contribution in [-0.4, -0.2) is 16.3 Å². The zero-order chi connectivity index (χ0) is 12.1. The minimum Gasteiger partial charge on any atom is -0.375 e. The van der Waals surface area contributed by atoms with Crippen LogP contribution in [0.5, 0.6) is 0 Å². The third-order valence-electron chi connectivity index (χ3n) is 1.82. The van der Waals surface area contributed by atoms with Crippen LogP contribution in [0.15, 0.2) is 23.3 Å². The van der Waals surface area contributed by atoms with Crippen LogP contribution in [0.3, 0.4) is 0 Å². The highest BCUT2D eigenvalue weighted by atomic mass is 32.1. The van der Waals surface area contributed by atoms with Gasteiger partial charge in [-0.05, 0) is 19.1 Å². The largest absolute Gasteiger partial charge is 0.375 e. The molecule has 0 unspecified atom stereocenters. The molecule has 0 bridgehead atoms. The molecule has 0 aliphatic rings. The van der Waals surface area contributed by atoms with Crippen LogP contribution in [0.25, 0.3) is 0 Å². The van der Waals surface area contributed by atoms with Gasteiger partial charge >= 0.3 is 0 Å². The van der Waals surface area contributed by atoms with Crippen LogP contribution in [0, 0.1) is 17.0 Å². The molecule has 0 aliphatic heterocycles. The highest BCUT2D eigenvalue weighted by Crippen LogP contribution is 2.18. The topological polar surface area (TPSA) is 93.5 Å². The first-order valence-corrected chi connectivity index (χ1v) is 4.75. The van der Waals surface area contributed by atoms with Crippen molar-refractivity contribution in [2.24, 2.45) is 10.8 Å². The lowest BCUT2D eigenvalue weighted by atomic mass is 10.1. The number of hydrogen-bond acceptors (Lipinski definition) is 4. The average Bonchev–Trinajstić information content (AvgIpc) is 2.19. The number of nitro groups is 1. The maximum atomic E-state index is 10.7. The maximum Gasteiger partial charge on any atom is 0.272 e. The van der Waals surface area contributed by atoms with Gasteiger partial charge in [-0.3, -0.25) is 15.5 Å². The van der Waals surface area contributed by atoms with E-state index in [1.165, 1.54) is 12.3 Å². The van der Waals surface area contributed by atoms with Crippen molar-refractivity contribution in [1.82, 2.24) is 5.43 Å². The van der Waals surface area contributed by atoms with Gasteiger partial charge < -0.3 is 5.73 Å². The molecule has 1 aromatic carbocycles. The molecule has 0 aromatic heterocycles. The molecule has 84 valence electrons. The summed E-state index contributed by atoms with van der Waals surface area (Å²) >= 11 is 4.54. The SMILES string of the molecule is Cc1ccc(C=NNC(N)=S)cc1[N+](=O)[O-]. The summed E-state index contributed by atoms with van der Waals surface area (Å²) in [4.78, 5) is 10.2. The van der Waals surface area contributed by atoms with Gasteiger partial charge in [0.15, 0.2) is 5.11 Å². The number of hydrogen-bond donors (Lipinski definition) is 2. The van der Waals surface area contributed by atoms with Crippen molar-refractivity contribution >= 4 is 29.2 Å². The van der Waals surface area contributed by atoms with Crippen LogP contribution in [0.1, 0.15) is 11.1 Å². The van der Waals surface area contributed by atoms with E-state index < -0.39 is 4.92 Å². The summed E-state index contributed by atoms with van der Waals surface area (Å²) in [6, 6.07) is 4.80. The third kappa shape index (κ3) is 3.28. The summed E-state index contributed by atoms with van der Waals surface area (Å²) < 4.78 is 0. The van der Waals surface area contributed by atoms with E-state index in [9.17, 15) is 10.1 Å². The van der Waals surface area contributed by atoms with Crippen molar-refractivity contribution in [3.63, 3.8) is 0 Å². The van der Waals surface area contributed by atoms with Gasteiger partial charge in [-0.2, -0.15) is 5.10 Å². The highest BCUT2D eigenvalue weighted by Gasteiger charge is 2.09. The maximum absolute atomic E-state index is 10.7. The highest BCUT2D eigenvalue weighted by molar-refractivity contribution is 7.80. The van der Waals surface area contributed by atoms with Gasteiger partial charge in [0.05, 0.1) is 11.1 Å². The van der Waals surface area contributed by atoms with Crippen LogP contribution < -0.4 is 11.2 Å². The second-order valence-corrected chi connectivity index (χ2v) is 3.48. The fraction of sp³-hybridized carbons (Fsp3) is 0.111. The molecule has 1 rings (SSSR count). The van der Waals surface area contributed by atoms with Gasteiger partial charge in [0, 0.05) is 17.2 Å². The number of thiocarbonyl (C=S) groups is 1. The summed E-state index contributed by atoms with van der Waals surface area (Å²) in [7, 11) is 0. The molecule has 7 heteroatoms. The quantitative estimate of drug-likeness (QED) is 0.355. The number of nitro benzene ring substituents is 1. The normalized spacial score (nSPS) is 10.3. The van der Waals surface area contributed by atoms with E-state index >= 15 is 0 Å². The number of benzene rings is 1.